The molecule has 6 heteroatoms. The minimum Gasteiger partial charge on any atom is -0.383 e. The highest BCUT2D eigenvalue weighted by Crippen LogP contribution is 2.18. The van der Waals surface area contributed by atoms with Gasteiger partial charge < -0.3 is 4.42 Å². The lowest BCUT2D eigenvalue weighted by molar-refractivity contribution is -0.401. The summed E-state index contributed by atoms with van der Waals surface area (Å²) in [5.74, 6) is 4.74. The third-order valence-electron chi connectivity index (χ3n) is 0.914. The highest BCUT2D eigenvalue weighted by atomic mass is 16.6. The summed E-state index contributed by atoms with van der Waals surface area (Å²) in [6.45, 7) is 0. The van der Waals surface area contributed by atoms with Gasteiger partial charge in [-0.15, -0.1) is 0 Å². The van der Waals surface area contributed by atoms with Crippen molar-refractivity contribution in [2.24, 2.45) is 5.84 Å². The number of hydrazine groups is 1. The van der Waals surface area contributed by atoms with E-state index < -0.39 is 4.92 Å². The van der Waals surface area contributed by atoms with Crippen LogP contribution in [0, 0.1) is 10.1 Å². The molecule has 0 saturated carbocycles. The molecule has 0 spiro atoms. The van der Waals surface area contributed by atoms with E-state index in [-0.39, 0.29) is 11.8 Å². The minimum atomic E-state index is -0.638. The molecule has 0 aliphatic heterocycles. The predicted octanol–water partition coefficient (Wildman–Crippen LogP) is 0.473. The first-order chi connectivity index (χ1) is 4.74. The molecule has 0 aliphatic rings. The number of nitro groups is 1. The molecular weight excluding hydrogens is 138 g/mol. The van der Waals surface area contributed by atoms with E-state index in [1.807, 2.05) is 0 Å². The lowest BCUT2D eigenvalue weighted by atomic mass is 10.6. The van der Waals surface area contributed by atoms with E-state index in [9.17, 15) is 10.1 Å². The monoisotopic (exact) mass is 143 g/mol. The summed E-state index contributed by atoms with van der Waals surface area (Å²) in [5, 5.41) is 9.97. The van der Waals surface area contributed by atoms with Crippen LogP contribution in [0.15, 0.2) is 16.5 Å². The lowest BCUT2D eigenvalue weighted by Gasteiger charge is -1.87. The van der Waals surface area contributed by atoms with Crippen molar-refractivity contribution in [3.8, 4) is 0 Å². The van der Waals surface area contributed by atoms with Gasteiger partial charge in [0, 0.05) is 6.07 Å². The number of rotatable bonds is 2. The van der Waals surface area contributed by atoms with E-state index >= 15 is 0 Å². The molecule has 1 heterocycles. The molecule has 0 bridgehead atoms. The quantitative estimate of drug-likeness (QED) is 0.356. The van der Waals surface area contributed by atoms with E-state index in [1.165, 1.54) is 12.1 Å². The summed E-state index contributed by atoms with van der Waals surface area (Å²) in [6.07, 6.45) is 0. The summed E-state index contributed by atoms with van der Waals surface area (Å²) in [4.78, 5) is 9.34. The second kappa shape index (κ2) is 2.36. The molecule has 0 radical (unpaired) electrons. The minimum absolute atomic E-state index is 0.173. The Balaban J connectivity index is 2.88. The molecule has 0 saturated heterocycles. The molecule has 0 aliphatic carbocycles. The smallest absolute Gasteiger partial charge is 0.383 e. The Morgan fingerprint density at radius 3 is 2.70 bits per heavy atom. The van der Waals surface area contributed by atoms with E-state index in [0.717, 1.165) is 0 Å². The van der Waals surface area contributed by atoms with Gasteiger partial charge in [0.05, 0.1) is 6.07 Å². The van der Waals surface area contributed by atoms with Gasteiger partial charge in [0.25, 0.3) is 0 Å². The van der Waals surface area contributed by atoms with Gasteiger partial charge in [0.2, 0.25) is 5.88 Å². The maximum atomic E-state index is 9.97. The number of nitrogens with one attached hydrogen (secondary N) is 1. The van der Waals surface area contributed by atoms with Crippen LogP contribution < -0.4 is 11.3 Å². The molecule has 0 unspecified atom stereocenters. The van der Waals surface area contributed by atoms with Crippen LogP contribution in [0.3, 0.4) is 0 Å². The molecular formula is C4H5N3O3. The summed E-state index contributed by atoms with van der Waals surface area (Å²) < 4.78 is 4.56. The number of nitrogen functional groups attached to an aromatic ring is 1. The third-order valence-corrected chi connectivity index (χ3v) is 0.914. The van der Waals surface area contributed by atoms with Crippen molar-refractivity contribution in [3.63, 3.8) is 0 Å². The van der Waals surface area contributed by atoms with Crippen LogP contribution in [0.2, 0.25) is 0 Å². The summed E-state index contributed by atoms with van der Waals surface area (Å²) in [5.41, 5.74) is 2.13. The fourth-order valence-electron chi connectivity index (χ4n) is 0.503. The lowest BCUT2D eigenvalue weighted by Crippen LogP contribution is -2.04. The van der Waals surface area contributed by atoms with Crippen molar-refractivity contribution in [2.45, 2.75) is 0 Å². The average Bonchev–Trinajstić information content (AvgIpc) is 2.34. The summed E-state index contributed by atoms with van der Waals surface area (Å²) >= 11 is 0. The molecule has 0 aromatic carbocycles. The van der Waals surface area contributed by atoms with Crippen LogP contribution in [0.1, 0.15) is 0 Å². The van der Waals surface area contributed by atoms with Crippen molar-refractivity contribution in [1.29, 1.82) is 0 Å². The largest absolute Gasteiger partial charge is 0.434 e. The van der Waals surface area contributed by atoms with Gasteiger partial charge in [0.1, 0.15) is 4.92 Å². The van der Waals surface area contributed by atoms with Crippen molar-refractivity contribution in [3.05, 3.63) is 22.2 Å². The van der Waals surface area contributed by atoms with Crippen LogP contribution in [0.5, 0.6) is 0 Å². The van der Waals surface area contributed by atoms with Gasteiger partial charge in [-0.05, 0) is 0 Å². The Kier molecular flexibility index (Phi) is 1.55. The average molecular weight is 143 g/mol. The first-order valence-corrected chi connectivity index (χ1v) is 2.45. The number of nitrogens with zero attached hydrogens (tertiary/aromatic N) is 1. The normalized spacial score (nSPS) is 9.30. The summed E-state index contributed by atoms with van der Waals surface area (Å²) in [7, 11) is 0. The Morgan fingerprint density at radius 1 is 1.70 bits per heavy atom. The summed E-state index contributed by atoms with van der Waals surface area (Å²) in [6, 6.07) is 2.59. The number of hydrogen-bond acceptors (Lipinski definition) is 5. The van der Waals surface area contributed by atoms with Gasteiger partial charge in [-0.25, -0.2) is 5.84 Å². The molecule has 1 aromatic heterocycles. The molecule has 1 rings (SSSR count). The number of nitrogens with two attached hydrogens (primary N) is 1. The molecule has 54 valence electrons. The van der Waals surface area contributed by atoms with Crippen LogP contribution in [-0.4, -0.2) is 4.92 Å². The highest BCUT2D eigenvalue weighted by Gasteiger charge is 2.09. The molecule has 1 aromatic rings. The maximum Gasteiger partial charge on any atom is 0.434 e. The molecule has 3 N–H and O–H groups in total. The zero-order chi connectivity index (χ0) is 7.56. The number of anilines is 1. The van der Waals surface area contributed by atoms with Crippen LogP contribution >= 0.6 is 0 Å². The van der Waals surface area contributed by atoms with Gasteiger partial charge >= 0.3 is 5.88 Å². The van der Waals surface area contributed by atoms with Gasteiger partial charge in [0.15, 0.2) is 0 Å². The van der Waals surface area contributed by atoms with Crippen molar-refractivity contribution in [2.75, 3.05) is 5.43 Å². The number of furan rings is 1. The van der Waals surface area contributed by atoms with Crippen LogP contribution in [0.4, 0.5) is 11.8 Å². The van der Waals surface area contributed by atoms with Crippen molar-refractivity contribution >= 4 is 11.8 Å². The SMILES string of the molecule is NNc1ccc([N+](=O)[O-])o1. The zero-order valence-corrected chi connectivity index (χ0v) is 4.90. The van der Waals surface area contributed by atoms with Crippen LogP contribution in [0.25, 0.3) is 0 Å². The molecule has 0 fully saturated rings. The van der Waals surface area contributed by atoms with Gasteiger partial charge in [-0.3, -0.25) is 15.5 Å². The maximum absolute atomic E-state index is 9.97. The number of hydrogen-bond donors (Lipinski definition) is 2. The van der Waals surface area contributed by atoms with E-state index in [4.69, 9.17) is 5.84 Å². The van der Waals surface area contributed by atoms with Gasteiger partial charge in [-0.2, -0.15) is 0 Å². The second-order valence-electron chi connectivity index (χ2n) is 1.54. The first-order valence-electron chi connectivity index (χ1n) is 2.45. The Labute approximate surface area is 55.7 Å². The van der Waals surface area contributed by atoms with E-state index in [1.54, 1.807) is 0 Å². The van der Waals surface area contributed by atoms with Crippen molar-refractivity contribution in [1.82, 2.24) is 0 Å². The van der Waals surface area contributed by atoms with E-state index in [0.29, 0.717) is 0 Å². The van der Waals surface area contributed by atoms with Gasteiger partial charge in [-0.1, -0.05) is 0 Å². The predicted molar refractivity (Wildman–Crippen MR) is 33.2 cm³/mol. The standard InChI is InChI=1S/C4H5N3O3/c5-6-3-1-2-4(10-3)7(8)9/h1-2,6H,5H2. The fraction of sp³-hybridized carbons (Fsp3) is 0. The molecule has 0 amide bonds. The van der Waals surface area contributed by atoms with Crippen molar-refractivity contribution < 1.29 is 9.34 Å². The molecule has 6 nitrogen and oxygen atoms in total. The Morgan fingerprint density at radius 2 is 2.40 bits per heavy atom. The Bertz CT molecular complexity index is 244. The first kappa shape index (κ1) is 6.56. The third kappa shape index (κ3) is 1.06. The Hall–Kier alpha value is -1.56. The molecule has 10 heavy (non-hydrogen) atoms. The second-order valence-corrected chi connectivity index (χ2v) is 1.54. The fourth-order valence-corrected chi connectivity index (χ4v) is 0.503. The van der Waals surface area contributed by atoms with E-state index in [2.05, 4.69) is 9.84 Å². The molecule has 0 atom stereocenters. The highest BCUT2D eigenvalue weighted by molar-refractivity contribution is 5.34. The zero-order valence-electron chi connectivity index (χ0n) is 4.90. The van der Waals surface area contributed by atoms with Crippen LogP contribution in [-0.2, 0) is 0 Å². The topological polar surface area (TPSA) is 94.3 Å².